The second kappa shape index (κ2) is 8.48. The van der Waals surface area contributed by atoms with Crippen molar-refractivity contribution in [1.82, 2.24) is 14.7 Å². The van der Waals surface area contributed by atoms with E-state index in [2.05, 4.69) is 17.0 Å². The lowest BCUT2D eigenvalue weighted by Crippen LogP contribution is -2.30. The number of hydrogen-bond donors (Lipinski definition) is 1. The van der Waals surface area contributed by atoms with Gasteiger partial charge in [0.25, 0.3) is 0 Å². The van der Waals surface area contributed by atoms with Crippen molar-refractivity contribution in [1.29, 1.82) is 0 Å². The number of aryl methyl sites for hydroxylation is 2. The number of aromatic nitrogens is 2. The molecule has 1 N–H and O–H groups in total. The van der Waals surface area contributed by atoms with Crippen molar-refractivity contribution in [2.45, 2.75) is 20.4 Å². The zero-order chi connectivity index (χ0) is 18.4. The van der Waals surface area contributed by atoms with Gasteiger partial charge in [0.2, 0.25) is 5.91 Å². The van der Waals surface area contributed by atoms with Crippen molar-refractivity contribution in [2.24, 2.45) is 7.05 Å². The molecule has 0 bridgehead atoms. The Kier molecular flexibility index (Phi) is 6.36. The van der Waals surface area contributed by atoms with Gasteiger partial charge in [0.1, 0.15) is 12.4 Å². The molecule has 0 aliphatic rings. The Balaban J connectivity index is 1.87. The Morgan fingerprint density at radius 3 is 2.60 bits per heavy atom. The van der Waals surface area contributed by atoms with E-state index in [-0.39, 0.29) is 5.91 Å². The van der Waals surface area contributed by atoms with E-state index in [0.29, 0.717) is 19.7 Å². The molecule has 0 saturated carbocycles. The predicted molar refractivity (Wildman–Crippen MR) is 99.8 cm³/mol. The van der Waals surface area contributed by atoms with Gasteiger partial charge in [0, 0.05) is 13.6 Å². The highest BCUT2D eigenvalue weighted by atomic mass is 16.5. The third-order valence-corrected chi connectivity index (χ3v) is 3.93. The zero-order valence-corrected chi connectivity index (χ0v) is 15.4. The first-order valence-corrected chi connectivity index (χ1v) is 8.22. The average molecular weight is 342 g/mol. The standard InChI is InChI=1S/C19H26N4O2/c1-6-11-25-17-9-7-16(8-10-17)12-22(4)13-18(24)20-19-14(2)21-23(5)15(19)3/h6-10H,1,11-13H2,2-5H3,(H,20,24). The summed E-state index contributed by atoms with van der Waals surface area (Å²) in [4.78, 5) is 14.2. The van der Waals surface area contributed by atoms with Crippen LogP contribution in [0.4, 0.5) is 5.69 Å². The van der Waals surface area contributed by atoms with E-state index in [4.69, 9.17) is 4.74 Å². The van der Waals surface area contributed by atoms with Crippen LogP contribution < -0.4 is 10.1 Å². The number of nitrogens with one attached hydrogen (secondary N) is 1. The van der Waals surface area contributed by atoms with Crippen molar-refractivity contribution in [3.63, 3.8) is 0 Å². The Labute approximate surface area is 149 Å². The van der Waals surface area contributed by atoms with Gasteiger partial charge in [-0.25, -0.2) is 0 Å². The molecule has 1 amide bonds. The topological polar surface area (TPSA) is 59.4 Å². The average Bonchev–Trinajstić information content (AvgIpc) is 2.80. The van der Waals surface area contributed by atoms with Crippen LogP contribution in [-0.4, -0.2) is 40.8 Å². The summed E-state index contributed by atoms with van der Waals surface area (Å²) in [6, 6.07) is 7.86. The van der Waals surface area contributed by atoms with E-state index in [1.54, 1.807) is 10.8 Å². The van der Waals surface area contributed by atoms with Crippen LogP contribution >= 0.6 is 0 Å². The number of rotatable bonds is 8. The SMILES string of the molecule is C=CCOc1ccc(CN(C)CC(=O)Nc2c(C)nn(C)c2C)cc1. The van der Waals surface area contributed by atoms with Crippen molar-refractivity contribution < 1.29 is 9.53 Å². The molecular weight excluding hydrogens is 316 g/mol. The summed E-state index contributed by atoms with van der Waals surface area (Å²) in [5.41, 5.74) is 3.69. The predicted octanol–water partition coefficient (Wildman–Crippen LogP) is 2.67. The maximum Gasteiger partial charge on any atom is 0.238 e. The number of ether oxygens (including phenoxy) is 1. The smallest absolute Gasteiger partial charge is 0.238 e. The quantitative estimate of drug-likeness (QED) is 0.749. The molecule has 6 nitrogen and oxygen atoms in total. The van der Waals surface area contributed by atoms with Crippen molar-refractivity contribution >= 4 is 11.6 Å². The fourth-order valence-corrected chi connectivity index (χ4v) is 2.59. The van der Waals surface area contributed by atoms with E-state index < -0.39 is 0 Å². The number of benzene rings is 1. The van der Waals surface area contributed by atoms with Gasteiger partial charge >= 0.3 is 0 Å². The van der Waals surface area contributed by atoms with Gasteiger partial charge in [-0.2, -0.15) is 5.10 Å². The Hall–Kier alpha value is -2.60. The second-order valence-electron chi connectivity index (χ2n) is 6.13. The number of hydrogen-bond acceptors (Lipinski definition) is 4. The molecule has 2 rings (SSSR count). The molecule has 0 radical (unpaired) electrons. The number of likely N-dealkylation sites (N-methyl/N-ethyl adjacent to an activating group) is 1. The van der Waals surface area contributed by atoms with Crippen LogP contribution in [0.5, 0.6) is 5.75 Å². The van der Waals surface area contributed by atoms with Crippen LogP contribution in [0.2, 0.25) is 0 Å². The van der Waals surface area contributed by atoms with Crippen LogP contribution in [0.25, 0.3) is 0 Å². The van der Waals surface area contributed by atoms with Gasteiger partial charge in [-0.1, -0.05) is 24.8 Å². The first-order valence-electron chi connectivity index (χ1n) is 8.22. The Morgan fingerprint density at radius 1 is 1.36 bits per heavy atom. The van der Waals surface area contributed by atoms with Crippen LogP contribution in [0.1, 0.15) is 17.0 Å². The van der Waals surface area contributed by atoms with Crippen LogP contribution in [0.3, 0.4) is 0 Å². The number of carbonyl (C=O) groups excluding carboxylic acids is 1. The molecule has 6 heteroatoms. The number of anilines is 1. The lowest BCUT2D eigenvalue weighted by Gasteiger charge is -2.17. The van der Waals surface area contributed by atoms with Crippen LogP contribution in [0.15, 0.2) is 36.9 Å². The van der Waals surface area contributed by atoms with Gasteiger partial charge < -0.3 is 10.1 Å². The summed E-state index contributed by atoms with van der Waals surface area (Å²) < 4.78 is 7.24. The molecule has 0 saturated heterocycles. The summed E-state index contributed by atoms with van der Waals surface area (Å²) in [5.74, 6) is 0.763. The van der Waals surface area contributed by atoms with E-state index in [0.717, 1.165) is 28.4 Å². The molecule has 0 spiro atoms. The van der Waals surface area contributed by atoms with E-state index in [9.17, 15) is 4.79 Å². The number of nitrogens with zero attached hydrogens (tertiary/aromatic N) is 3. The molecule has 0 atom stereocenters. The lowest BCUT2D eigenvalue weighted by molar-refractivity contribution is -0.117. The normalized spacial score (nSPS) is 10.8. The third-order valence-electron chi connectivity index (χ3n) is 3.93. The van der Waals surface area contributed by atoms with Gasteiger partial charge in [-0.05, 0) is 38.6 Å². The van der Waals surface area contributed by atoms with Crippen molar-refractivity contribution in [3.8, 4) is 5.75 Å². The van der Waals surface area contributed by atoms with Gasteiger partial charge in [0.15, 0.2) is 0 Å². The van der Waals surface area contributed by atoms with E-state index in [1.165, 1.54) is 0 Å². The molecule has 0 unspecified atom stereocenters. The van der Waals surface area contributed by atoms with Gasteiger partial charge in [-0.3, -0.25) is 14.4 Å². The van der Waals surface area contributed by atoms with Crippen LogP contribution in [0, 0.1) is 13.8 Å². The Bertz CT molecular complexity index is 735. The van der Waals surface area contributed by atoms with Gasteiger partial charge in [0.05, 0.1) is 23.6 Å². The minimum Gasteiger partial charge on any atom is -0.490 e. The lowest BCUT2D eigenvalue weighted by atomic mass is 10.2. The molecule has 1 aromatic carbocycles. The first kappa shape index (κ1) is 18.7. The largest absolute Gasteiger partial charge is 0.490 e. The third kappa shape index (κ3) is 5.19. The van der Waals surface area contributed by atoms with Crippen LogP contribution in [-0.2, 0) is 18.4 Å². The molecule has 1 aromatic heterocycles. The fraction of sp³-hybridized carbons (Fsp3) is 0.368. The highest BCUT2D eigenvalue weighted by Crippen LogP contribution is 2.18. The molecule has 0 aliphatic carbocycles. The summed E-state index contributed by atoms with van der Waals surface area (Å²) in [5, 5.41) is 7.27. The minimum absolute atomic E-state index is 0.0485. The first-order chi connectivity index (χ1) is 11.9. The molecule has 25 heavy (non-hydrogen) atoms. The molecule has 0 aliphatic heterocycles. The monoisotopic (exact) mass is 342 g/mol. The molecule has 1 heterocycles. The van der Waals surface area contributed by atoms with Gasteiger partial charge in [-0.15, -0.1) is 0 Å². The highest BCUT2D eigenvalue weighted by molar-refractivity contribution is 5.93. The van der Waals surface area contributed by atoms with Crippen molar-refractivity contribution in [3.05, 3.63) is 53.9 Å². The summed E-state index contributed by atoms with van der Waals surface area (Å²) >= 11 is 0. The summed E-state index contributed by atoms with van der Waals surface area (Å²) in [7, 11) is 3.79. The second-order valence-corrected chi connectivity index (χ2v) is 6.13. The maximum absolute atomic E-state index is 12.3. The zero-order valence-electron chi connectivity index (χ0n) is 15.4. The molecule has 0 fully saturated rings. The minimum atomic E-state index is -0.0485. The molecule has 134 valence electrons. The molecular formula is C19H26N4O2. The highest BCUT2D eigenvalue weighted by Gasteiger charge is 2.14. The number of carbonyl (C=O) groups is 1. The number of amides is 1. The van der Waals surface area contributed by atoms with E-state index in [1.807, 2.05) is 57.1 Å². The van der Waals surface area contributed by atoms with Crippen molar-refractivity contribution in [2.75, 3.05) is 25.5 Å². The summed E-state index contributed by atoms with van der Waals surface area (Å²) in [6.07, 6.45) is 1.71. The maximum atomic E-state index is 12.3. The molecule has 2 aromatic rings. The fourth-order valence-electron chi connectivity index (χ4n) is 2.59. The summed E-state index contributed by atoms with van der Waals surface area (Å²) in [6.45, 7) is 8.94. The Morgan fingerprint density at radius 2 is 2.04 bits per heavy atom. The van der Waals surface area contributed by atoms with E-state index >= 15 is 0 Å².